The number of thiophene rings is 1. The number of amides is 3. The highest BCUT2D eigenvalue weighted by Crippen LogP contribution is 2.33. The first-order chi connectivity index (χ1) is 13.5. The van der Waals surface area contributed by atoms with E-state index in [9.17, 15) is 9.59 Å². The Morgan fingerprint density at radius 3 is 2.86 bits per heavy atom. The number of benzene rings is 1. The number of aromatic nitrogens is 2. The van der Waals surface area contributed by atoms with Crippen molar-refractivity contribution in [2.45, 2.75) is 19.0 Å². The van der Waals surface area contributed by atoms with E-state index in [2.05, 4.69) is 15.5 Å². The Morgan fingerprint density at radius 2 is 2.07 bits per heavy atom. The number of para-hydroxylation sites is 1. The van der Waals surface area contributed by atoms with Gasteiger partial charge in [-0.05, 0) is 30.5 Å². The van der Waals surface area contributed by atoms with Gasteiger partial charge >= 0.3 is 6.03 Å². The van der Waals surface area contributed by atoms with Crippen molar-refractivity contribution in [3.8, 4) is 10.7 Å². The summed E-state index contributed by atoms with van der Waals surface area (Å²) in [6, 6.07) is 12.4. The van der Waals surface area contributed by atoms with Crippen molar-refractivity contribution in [2.75, 3.05) is 0 Å². The van der Waals surface area contributed by atoms with Gasteiger partial charge < -0.3 is 14.3 Å². The van der Waals surface area contributed by atoms with Gasteiger partial charge in [0.05, 0.1) is 4.88 Å². The van der Waals surface area contributed by atoms with E-state index in [1.54, 1.807) is 13.0 Å². The molecule has 4 aromatic rings. The molecule has 1 atom stereocenters. The average molecular weight is 394 g/mol. The molecule has 1 aliphatic heterocycles. The van der Waals surface area contributed by atoms with Gasteiger partial charge in [-0.25, -0.2) is 4.79 Å². The molecule has 1 fully saturated rings. The van der Waals surface area contributed by atoms with Crippen molar-refractivity contribution in [1.82, 2.24) is 20.4 Å². The van der Waals surface area contributed by atoms with Crippen LogP contribution in [0.1, 0.15) is 18.6 Å². The number of rotatable bonds is 4. The van der Waals surface area contributed by atoms with Crippen LogP contribution in [0.25, 0.3) is 21.7 Å². The van der Waals surface area contributed by atoms with Crippen LogP contribution in [-0.2, 0) is 16.9 Å². The van der Waals surface area contributed by atoms with E-state index in [-0.39, 0.29) is 12.4 Å². The Morgan fingerprint density at radius 1 is 1.21 bits per heavy atom. The number of hydrogen-bond donors (Lipinski definition) is 1. The lowest BCUT2D eigenvalue weighted by Crippen LogP contribution is -2.40. The summed E-state index contributed by atoms with van der Waals surface area (Å²) in [6.45, 7) is 1.51. The molecular formula is C19H14N4O4S. The van der Waals surface area contributed by atoms with E-state index in [1.165, 1.54) is 11.3 Å². The van der Waals surface area contributed by atoms with Crippen LogP contribution in [0.2, 0.25) is 0 Å². The molecule has 0 bridgehead atoms. The van der Waals surface area contributed by atoms with Gasteiger partial charge in [-0.15, -0.1) is 11.3 Å². The molecule has 1 aromatic carbocycles. The molecule has 1 aliphatic rings. The molecule has 1 unspecified atom stereocenters. The van der Waals surface area contributed by atoms with E-state index in [1.807, 2.05) is 41.8 Å². The molecule has 1 N–H and O–H groups in total. The van der Waals surface area contributed by atoms with Gasteiger partial charge in [-0.2, -0.15) is 4.98 Å². The van der Waals surface area contributed by atoms with Crippen LogP contribution in [0.3, 0.4) is 0 Å². The number of fused-ring (bicyclic) bond motifs is 1. The minimum atomic E-state index is -1.30. The molecule has 0 spiro atoms. The molecule has 3 aromatic heterocycles. The standard InChI is InChI=1S/C19H14N4O4S/c1-19(14-9-11-5-2-3-6-12(11)26-14)17(24)23(18(25)21-19)10-15-20-16(22-27-15)13-7-4-8-28-13/h2-9H,10H2,1H3,(H,21,25). The quantitative estimate of drug-likeness (QED) is 0.532. The molecule has 28 heavy (non-hydrogen) atoms. The van der Waals surface area contributed by atoms with Crippen LogP contribution >= 0.6 is 11.3 Å². The van der Waals surface area contributed by atoms with E-state index in [0.717, 1.165) is 15.2 Å². The van der Waals surface area contributed by atoms with Gasteiger partial charge in [0.25, 0.3) is 5.91 Å². The molecule has 0 radical (unpaired) electrons. The summed E-state index contributed by atoms with van der Waals surface area (Å²) in [7, 11) is 0. The van der Waals surface area contributed by atoms with Gasteiger partial charge in [0, 0.05) is 5.39 Å². The number of nitrogens with one attached hydrogen (secondary N) is 1. The molecule has 140 valence electrons. The number of hydrogen-bond acceptors (Lipinski definition) is 7. The smallest absolute Gasteiger partial charge is 0.325 e. The molecule has 0 aliphatic carbocycles. The molecule has 9 heteroatoms. The summed E-state index contributed by atoms with van der Waals surface area (Å²) in [5.41, 5.74) is -0.649. The Kier molecular flexibility index (Phi) is 3.59. The second kappa shape index (κ2) is 6.03. The first kappa shape index (κ1) is 16.7. The maximum Gasteiger partial charge on any atom is 0.325 e. The number of imide groups is 1. The van der Waals surface area contributed by atoms with Crippen LogP contribution in [0.5, 0.6) is 0 Å². The highest BCUT2D eigenvalue weighted by Gasteiger charge is 2.51. The molecule has 1 saturated heterocycles. The maximum absolute atomic E-state index is 13.0. The summed E-state index contributed by atoms with van der Waals surface area (Å²) in [6.07, 6.45) is 0. The fraction of sp³-hybridized carbons (Fsp3) is 0.158. The van der Waals surface area contributed by atoms with Gasteiger partial charge in [0.2, 0.25) is 11.7 Å². The number of carbonyl (C=O) groups is 2. The van der Waals surface area contributed by atoms with E-state index >= 15 is 0 Å². The van der Waals surface area contributed by atoms with E-state index in [0.29, 0.717) is 17.2 Å². The number of nitrogens with zero attached hydrogens (tertiary/aromatic N) is 3. The van der Waals surface area contributed by atoms with Gasteiger partial charge in [-0.1, -0.05) is 29.4 Å². The van der Waals surface area contributed by atoms with E-state index in [4.69, 9.17) is 8.94 Å². The normalized spacial score (nSPS) is 19.5. The zero-order valence-electron chi connectivity index (χ0n) is 14.7. The van der Waals surface area contributed by atoms with Crippen molar-refractivity contribution < 1.29 is 18.5 Å². The lowest BCUT2D eigenvalue weighted by Gasteiger charge is -2.18. The second-order valence-electron chi connectivity index (χ2n) is 6.58. The Bertz CT molecular complexity index is 1160. The zero-order chi connectivity index (χ0) is 19.3. The van der Waals surface area contributed by atoms with Gasteiger partial charge in [-0.3, -0.25) is 9.69 Å². The van der Waals surface area contributed by atoms with Crippen molar-refractivity contribution >= 4 is 34.2 Å². The number of urea groups is 1. The zero-order valence-corrected chi connectivity index (χ0v) is 15.5. The van der Waals surface area contributed by atoms with Crippen LogP contribution in [0.15, 0.2) is 56.8 Å². The number of carbonyl (C=O) groups excluding carboxylic acids is 2. The predicted molar refractivity (Wildman–Crippen MR) is 100 cm³/mol. The minimum absolute atomic E-state index is 0.112. The third kappa shape index (κ3) is 2.51. The molecule has 4 heterocycles. The van der Waals surface area contributed by atoms with Crippen LogP contribution in [0, 0.1) is 0 Å². The minimum Gasteiger partial charge on any atom is -0.458 e. The Balaban J connectivity index is 1.42. The highest BCUT2D eigenvalue weighted by molar-refractivity contribution is 7.13. The van der Waals surface area contributed by atoms with Crippen molar-refractivity contribution in [3.63, 3.8) is 0 Å². The molecule has 0 saturated carbocycles. The van der Waals surface area contributed by atoms with Crippen LogP contribution in [0.4, 0.5) is 4.79 Å². The van der Waals surface area contributed by atoms with Crippen molar-refractivity contribution in [1.29, 1.82) is 0 Å². The predicted octanol–water partition coefficient (Wildman–Crippen LogP) is 3.51. The fourth-order valence-electron chi connectivity index (χ4n) is 3.20. The summed E-state index contributed by atoms with van der Waals surface area (Å²) >= 11 is 1.47. The van der Waals surface area contributed by atoms with Crippen molar-refractivity contribution in [2.24, 2.45) is 0 Å². The SMILES string of the molecule is CC1(c2cc3ccccc3o2)NC(=O)N(Cc2nc(-c3cccs3)no2)C1=O. The Labute approximate surface area is 162 Å². The first-order valence-corrected chi connectivity index (χ1v) is 9.42. The monoisotopic (exact) mass is 394 g/mol. The second-order valence-corrected chi connectivity index (χ2v) is 7.53. The van der Waals surface area contributed by atoms with E-state index < -0.39 is 17.5 Å². The Hall–Kier alpha value is -3.46. The third-order valence-corrected chi connectivity index (χ3v) is 5.56. The summed E-state index contributed by atoms with van der Waals surface area (Å²) in [5.74, 6) is 0.546. The van der Waals surface area contributed by atoms with Crippen LogP contribution in [-0.4, -0.2) is 27.0 Å². The third-order valence-electron chi connectivity index (χ3n) is 4.70. The molecule has 8 nitrogen and oxygen atoms in total. The topological polar surface area (TPSA) is 101 Å². The largest absolute Gasteiger partial charge is 0.458 e. The summed E-state index contributed by atoms with van der Waals surface area (Å²) in [4.78, 5) is 31.7. The molecular weight excluding hydrogens is 380 g/mol. The lowest BCUT2D eigenvalue weighted by molar-refractivity contribution is -0.132. The number of furan rings is 1. The molecule has 3 amide bonds. The fourth-order valence-corrected chi connectivity index (χ4v) is 3.85. The highest BCUT2D eigenvalue weighted by atomic mass is 32.1. The van der Waals surface area contributed by atoms with Crippen LogP contribution < -0.4 is 5.32 Å². The summed E-state index contributed by atoms with van der Waals surface area (Å²) < 4.78 is 11.0. The molecule has 5 rings (SSSR count). The lowest BCUT2D eigenvalue weighted by atomic mass is 9.99. The maximum atomic E-state index is 13.0. The first-order valence-electron chi connectivity index (χ1n) is 8.54. The van der Waals surface area contributed by atoms with Gasteiger partial charge in [0.1, 0.15) is 17.9 Å². The van der Waals surface area contributed by atoms with Gasteiger partial charge in [0.15, 0.2) is 5.54 Å². The van der Waals surface area contributed by atoms with Crippen molar-refractivity contribution in [3.05, 3.63) is 59.5 Å². The summed E-state index contributed by atoms with van der Waals surface area (Å²) in [5, 5.41) is 9.39. The average Bonchev–Trinajstić information content (AvgIpc) is 3.46.